The molecule has 0 unspecified atom stereocenters. The first-order chi connectivity index (χ1) is 25.5. The highest BCUT2D eigenvalue weighted by Crippen LogP contribution is 2.28. The number of phenolic OH excluding ortho intramolecular Hbond substituents is 1. The number of phenols is 1. The topological polar surface area (TPSA) is 200 Å². The lowest BCUT2D eigenvalue weighted by Gasteiger charge is -2.27. The van der Waals surface area contributed by atoms with E-state index >= 15 is 0 Å². The molecule has 0 bridgehead atoms. The zero-order chi connectivity index (χ0) is 38.6. The number of esters is 1. The molecule has 1 aliphatic rings. The Labute approximate surface area is 312 Å². The second-order valence-electron chi connectivity index (χ2n) is 13.9. The summed E-state index contributed by atoms with van der Waals surface area (Å²) < 4.78 is 11.5. The van der Waals surface area contributed by atoms with E-state index in [9.17, 15) is 34.3 Å². The van der Waals surface area contributed by atoms with Crippen LogP contribution in [0.3, 0.4) is 0 Å². The maximum Gasteiger partial charge on any atom is 0.328 e. The number of aromatic nitrogens is 1. The summed E-state index contributed by atoms with van der Waals surface area (Å²) in [4.78, 5) is 69.0. The van der Waals surface area contributed by atoms with Gasteiger partial charge in [0.25, 0.3) is 5.91 Å². The first kappa shape index (κ1) is 42.9. The number of oxazole rings is 1. The molecular formula is C39H59N5O9. The number of amides is 4. The van der Waals surface area contributed by atoms with Crippen LogP contribution in [0.2, 0.25) is 0 Å². The molecule has 4 atom stereocenters. The van der Waals surface area contributed by atoms with Gasteiger partial charge >= 0.3 is 5.97 Å². The largest absolute Gasteiger partial charge is 0.507 e. The maximum absolute atomic E-state index is 13.9. The molecule has 1 aliphatic heterocycles. The molecule has 53 heavy (non-hydrogen) atoms. The zero-order valence-corrected chi connectivity index (χ0v) is 31.6. The van der Waals surface area contributed by atoms with Crippen LogP contribution in [0.1, 0.15) is 134 Å². The van der Waals surface area contributed by atoms with E-state index in [1.807, 2.05) is 0 Å². The average Bonchev–Trinajstić information content (AvgIpc) is 3.55. The summed E-state index contributed by atoms with van der Waals surface area (Å²) in [5, 5.41) is 29.0. The van der Waals surface area contributed by atoms with Gasteiger partial charge in [0.05, 0.1) is 11.5 Å². The fourth-order valence-electron chi connectivity index (χ4n) is 6.25. The lowest BCUT2D eigenvalue weighted by molar-refractivity contribution is -0.163. The summed E-state index contributed by atoms with van der Waals surface area (Å²) >= 11 is 0. The van der Waals surface area contributed by atoms with Gasteiger partial charge in [-0.25, -0.2) is 14.8 Å². The Morgan fingerprint density at radius 1 is 1.00 bits per heavy atom. The number of unbranched alkanes of at least 4 members (excludes halogenated alkanes) is 9. The van der Waals surface area contributed by atoms with E-state index in [2.05, 4.69) is 27.9 Å². The van der Waals surface area contributed by atoms with Gasteiger partial charge < -0.3 is 30.2 Å². The monoisotopic (exact) mass is 741 g/mol. The predicted molar refractivity (Wildman–Crippen MR) is 198 cm³/mol. The van der Waals surface area contributed by atoms with E-state index in [0.717, 1.165) is 44.8 Å². The van der Waals surface area contributed by atoms with Crippen molar-refractivity contribution in [2.24, 2.45) is 5.92 Å². The molecule has 14 heteroatoms. The Hall–Kier alpha value is -4.46. The number of nitrogens with one attached hydrogen (secondary N) is 3. The van der Waals surface area contributed by atoms with Crippen molar-refractivity contribution in [2.45, 2.75) is 142 Å². The van der Waals surface area contributed by atoms with Crippen molar-refractivity contribution in [2.75, 3.05) is 13.1 Å². The first-order valence-corrected chi connectivity index (χ1v) is 19.3. The molecule has 0 aliphatic carbocycles. The van der Waals surface area contributed by atoms with Crippen LogP contribution in [0, 0.1) is 5.92 Å². The highest BCUT2D eigenvalue weighted by Gasteiger charge is 2.33. The van der Waals surface area contributed by atoms with Gasteiger partial charge in [-0.15, -0.1) is 0 Å². The van der Waals surface area contributed by atoms with Gasteiger partial charge in [-0.05, 0) is 63.5 Å². The summed E-state index contributed by atoms with van der Waals surface area (Å²) in [6.07, 6.45) is 13.4. The normalized spacial score (nSPS) is 16.1. The summed E-state index contributed by atoms with van der Waals surface area (Å²) in [5.74, 6) is -3.46. The van der Waals surface area contributed by atoms with Gasteiger partial charge in [0.15, 0.2) is 5.69 Å². The minimum atomic E-state index is -1.16. The number of carbonyl (C=O) groups is 5. The van der Waals surface area contributed by atoms with E-state index in [4.69, 9.17) is 9.15 Å². The molecule has 4 amide bonds. The van der Waals surface area contributed by atoms with Crippen LogP contribution < -0.4 is 16.0 Å². The van der Waals surface area contributed by atoms with Crippen LogP contribution >= 0.6 is 0 Å². The predicted octanol–water partition coefficient (Wildman–Crippen LogP) is 5.81. The van der Waals surface area contributed by atoms with E-state index in [1.165, 1.54) is 45.1 Å². The van der Waals surface area contributed by atoms with Gasteiger partial charge in [-0.2, -0.15) is 0 Å². The van der Waals surface area contributed by atoms with Crippen molar-refractivity contribution in [3.05, 3.63) is 36.2 Å². The van der Waals surface area contributed by atoms with Gasteiger partial charge in [0, 0.05) is 20.0 Å². The minimum absolute atomic E-state index is 0.0165. The summed E-state index contributed by atoms with van der Waals surface area (Å²) in [6.45, 7) is 5.69. The molecular weight excluding hydrogens is 682 g/mol. The summed E-state index contributed by atoms with van der Waals surface area (Å²) in [5.41, 5.74) is 0.161. The van der Waals surface area contributed by atoms with Crippen LogP contribution in [-0.4, -0.2) is 81.2 Å². The van der Waals surface area contributed by atoms with Crippen LogP contribution in [0.15, 0.2) is 34.9 Å². The Morgan fingerprint density at radius 2 is 1.68 bits per heavy atom. The summed E-state index contributed by atoms with van der Waals surface area (Å²) in [7, 11) is 0. The van der Waals surface area contributed by atoms with Crippen molar-refractivity contribution < 1.29 is 43.4 Å². The van der Waals surface area contributed by atoms with Gasteiger partial charge in [0.1, 0.15) is 30.2 Å². The van der Waals surface area contributed by atoms with E-state index in [0.29, 0.717) is 37.3 Å². The fourth-order valence-corrected chi connectivity index (χ4v) is 6.25. The molecule has 3 rings (SSSR count). The molecule has 14 nitrogen and oxygen atoms in total. The van der Waals surface area contributed by atoms with Crippen LogP contribution in [0.5, 0.6) is 5.75 Å². The lowest BCUT2D eigenvalue weighted by atomic mass is 9.96. The SMILES string of the molecule is CCCCCCCCCCC[C@H](OC(=O)[C@H](CCCCN(O)C(C)=O)NC(=O)c1coc(-c2ccccc2O)n1)[C@@H](C)C(=O)N[C@H]1CCCCNC1=O. The second-order valence-corrected chi connectivity index (χ2v) is 13.9. The highest BCUT2D eigenvalue weighted by molar-refractivity contribution is 5.95. The smallest absolute Gasteiger partial charge is 0.328 e. The van der Waals surface area contributed by atoms with E-state index in [1.54, 1.807) is 25.1 Å². The van der Waals surface area contributed by atoms with Crippen molar-refractivity contribution >= 4 is 29.6 Å². The molecule has 1 aromatic carbocycles. The molecule has 5 N–H and O–H groups in total. The molecule has 1 fully saturated rings. The number of benzene rings is 1. The molecule has 1 aromatic heterocycles. The fraction of sp³-hybridized carbons (Fsp3) is 0.641. The van der Waals surface area contributed by atoms with Crippen LogP contribution in [0.4, 0.5) is 0 Å². The van der Waals surface area contributed by atoms with Crippen molar-refractivity contribution in [1.29, 1.82) is 0 Å². The Bertz CT molecular complexity index is 1460. The number of hydrogen-bond donors (Lipinski definition) is 5. The third-order valence-corrected chi connectivity index (χ3v) is 9.62. The van der Waals surface area contributed by atoms with Gasteiger partial charge in [0.2, 0.25) is 23.6 Å². The van der Waals surface area contributed by atoms with Crippen molar-refractivity contribution in [1.82, 2.24) is 26.0 Å². The number of ether oxygens (including phenoxy) is 1. The van der Waals surface area contributed by atoms with Crippen molar-refractivity contribution in [3.63, 3.8) is 0 Å². The Kier molecular flexibility index (Phi) is 18.8. The maximum atomic E-state index is 13.9. The zero-order valence-electron chi connectivity index (χ0n) is 31.6. The Morgan fingerprint density at radius 3 is 2.38 bits per heavy atom. The van der Waals surface area contributed by atoms with E-state index in [-0.39, 0.29) is 41.8 Å². The number of rotatable bonds is 23. The number of para-hydroxylation sites is 1. The molecule has 294 valence electrons. The molecule has 0 spiro atoms. The van der Waals surface area contributed by atoms with Gasteiger partial charge in [-0.3, -0.25) is 24.4 Å². The number of hydroxylamine groups is 2. The second kappa shape index (κ2) is 23.3. The summed E-state index contributed by atoms with van der Waals surface area (Å²) in [6, 6.07) is 4.53. The third-order valence-electron chi connectivity index (χ3n) is 9.62. The van der Waals surface area contributed by atoms with Gasteiger partial charge in [-0.1, -0.05) is 77.3 Å². The quantitative estimate of drug-likeness (QED) is 0.0401. The van der Waals surface area contributed by atoms with Crippen LogP contribution in [-0.2, 0) is 23.9 Å². The number of hydrogen-bond acceptors (Lipinski definition) is 10. The Balaban J connectivity index is 1.73. The standard InChI is InChI=1S/C39H59N5O9/c1-4-5-6-7-8-9-10-11-12-23-34(27(2)35(47)41-30-20-15-17-24-40-36(30)48)53-39(50)31(21-16-18-25-44(51)28(3)45)42-37(49)32-26-52-38(43-32)29-19-13-14-22-33(29)46/h13-14,19,22,26-27,30-31,34,46,51H,4-12,15-18,20-21,23-25H2,1-3H3,(H,40,48)(H,41,47)(H,42,49)/t27-,30+,31+,34+/m1/s1. The molecule has 1 saturated heterocycles. The lowest BCUT2D eigenvalue weighted by Crippen LogP contribution is -2.50. The number of nitrogens with zero attached hydrogens (tertiary/aromatic N) is 2. The minimum Gasteiger partial charge on any atom is -0.507 e. The van der Waals surface area contributed by atoms with Crippen LogP contribution in [0.25, 0.3) is 11.5 Å². The number of carbonyl (C=O) groups excluding carboxylic acids is 5. The average molecular weight is 742 g/mol. The van der Waals surface area contributed by atoms with Crippen molar-refractivity contribution in [3.8, 4) is 17.2 Å². The molecule has 0 saturated carbocycles. The highest BCUT2D eigenvalue weighted by atomic mass is 16.5. The van der Waals surface area contributed by atoms with E-state index < -0.39 is 47.8 Å². The third kappa shape index (κ3) is 14.8. The number of aromatic hydroxyl groups is 1. The molecule has 0 radical (unpaired) electrons. The molecule has 2 aromatic rings. The molecule has 2 heterocycles. The first-order valence-electron chi connectivity index (χ1n) is 19.3.